The molecule has 0 fully saturated rings. The van der Waals surface area contributed by atoms with Gasteiger partial charge in [0.2, 0.25) is 0 Å². The van der Waals surface area contributed by atoms with Gasteiger partial charge in [-0.1, -0.05) is 17.7 Å². The summed E-state index contributed by atoms with van der Waals surface area (Å²) in [6.07, 6.45) is 1.46. The highest BCUT2D eigenvalue weighted by Gasteiger charge is 2.30. The first-order valence-corrected chi connectivity index (χ1v) is 9.43. The summed E-state index contributed by atoms with van der Waals surface area (Å²) in [4.78, 5) is 13.2. The Labute approximate surface area is 148 Å². The van der Waals surface area contributed by atoms with Gasteiger partial charge in [0, 0.05) is 17.8 Å². The SMILES string of the molecule is CN1C(C(=O)Nc2ccc(Cl)cc2)=CC(c2cccs2)=NS1(=O)=O. The number of nitrogens with zero attached hydrogens (tertiary/aromatic N) is 2. The molecule has 1 N–H and O–H groups in total. The second-order valence-electron chi connectivity index (χ2n) is 4.89. The average molecular weight is 382 g/mol. The number of likely N-dealkylation sites (N-methyl/N-ethyl adjacent to an activating group) is 1. The van der Waals surface area contributed by atoms with Crippen molar-refractivity contribution in [2.24, 2.45) is 4.40 Å². The van der Waals surface area contributed by atoms with Crippen LogP contribution in [0.15, 0.2) is 57.9 Å². The minimum atomic E-state index is -3.95. The number of rotatable bonds is 3. The van der Waals surface area contributed by atoms with Crippen molar-refractivity contribution in [3.05, 3.63) is 63.5 Å². The second-order valence-corrected chi connectivity index (χ2v) is 7.90. The Balaban J connectivity index is 1.94. The van der Waals surface area contributed by atoms with E-state index in [2.05, 4.69) is 9.71 Å². The zero-order chi connectivity index (χ0) is 17.3. The summed E-state index contributed by atoms with van der Waals surface area (Å²) in [5.41, 5.74) is 0.740. The van der Waals surface area contributed by atoms with E-state index in [9.17, 15) is 13.2 Å². The van der Waals surface area contributed by atoms with E-state index in [4.69, 9.17) is 11.6 Å². The van der Waals surface area contributed by atoms with Crippen LogP contribution in [0.2, 0.25) is 5.02 Å². The molecule has 0 atom stereocenters. The molecule has 0 radical (unpaired) electrons. The van der Waals surface area contributed by atoms with E-state index in [1.807, 2.05) is 5.38 Å². The molecule has 1 aromatic carbocycles. The molecule has 124 valence electrons. The van der Waals surface area contributed by atoms with Crippen LogP contribution in [0.5, 0.6) is 0 Å². The molecule has 0 bridgehead atoms. The molecule has 0 spiro atoms. The zero-order valence-corrected chi connectivity index (χ0v) is 14.8. The maximum absolute atomic E-state index is 12.5. The number of carbonyl (C=O) groups is 1. The van der Waals surface area contributed by atoms with Crippen molar-refractivity contribution >= 4 is 50.5 Å². The lowest BCUT2D eigenvalue weighted by molar-refractivity contribution is -0.113. The Morgan fingerprint density at radius 1 is 1.25 bits per heavy atom. The van der Waals surface area contributed by atoms with Gasteiger partial charge in [0.15, 0.2) is 0 Å². The predicted molar refractivity (Wildman–Crippen MR) is 95.7 cm³/mol. The molecule has 1 aromatic heterocycles. The summed E-state index contributed by atoms with van der Waals surface area (Å²) < 4.78 is 29.0. The monoisotopic (exact) mass is 381 g/mol. The molecular formula is C15H12ClN3O3S2. The van der Waals surface area contributed by atoms with Crippen molar-refractivity contribution in [2.75, 3.05) is 12.4 Å². The molecule has 0 saturated heterocycles. The van der Waals surface area contributed by atoms with Crippen molar-refractivity contribution in [2.45, 2.75) is 0 Å². The van der Waals surface area contributed by atoms with Crippen LogP contribution in [0.3, 0.4) is 0 Å². The van der Waals surface area contributed by atoms with Crippen molar-refractivity contribution in [1.29, 1.82) is 0 Å². The van der Waals surface area contributed by atoms with E-state index in [1.54, 1.807) is 36.4 Å². The number of thiophene rings is 1. The van der Waals surface area contributed by atoms with Crippen LogP contribution >= 0.6 is 22.9 Å². The van der Waals surface area contributed by atoms with Crippen LogP contribution in [0, 0.1) is 0 Å². The summed E-state index contributed by atoms with van der Waals surface area (Å²) >= 11 is 7.15. The number of benzene rings is 1. The Morgan fingerprint density at radius 3 is 2.58 bits per heavy atom. The first-order chi connectivity index (χ1) is 11.4. The maximum atomic E-state index is 12.5. The van der Waals surface area contributed by atoms with Gasteiger partial charge < -0.3 is 5.32 Å². The highest BCUT2D eigenvalue weighted by atomic mass is 35.5. The van der Waals surface area contributed by atoms with E-state index in [0.29, 0.717) is 15.6 Å². The van der Waals surface area contributed by atoms with Gasteiger partial charge in [-0.25, -0.2) is 4.31 Å². The molecule has 1 amide bonds. The summed E-state index contributed by atoms with van der Waals surface area (Å²) in [6.45, 7) is 0. The fraction of sp³-hybridized carbons (Fsp3) is 0.0667. The highest BCUT2D eigenvalue weighted by molar-refractivity contribution is 7.88. The normalized spacial score (nSPS) is 16.3. The summed E-state index contributed by atoms with van der Waals surface area (Å²) in [5, 5.41) is 5.00. The summed E-state index contributed by atoms with van der Waals surface area (Å²) in [7, 11) is -2.66. The molecule has 2 heterocycles. The zero-order valence-electron chi connectivity index (χ0n) is 12.4. The quantitative estimate of drug-likeness (QED) is 0.887. The van der Waals surface area contributed by atoms with Crippen molar-refractivity contribution in [3.8, 4) is 0 Å². The molecule has 9 heteroatoms. The number of allylic oxidation sites excluding steroid dienone is 1. The third-order valence-electron chi connectivity index (χ3n) is 3.28. The smallest absolute Gasteiger partial charge is 0.321 e. The van der Waals surface area contributed by atoms with E-state index in [-0.39, 0.29) is 11.4 Å². The van der Waals surface area contributed by atoms with Crippen LogP contribution in [-0.2, 0) is 15.0 Å². The first-order valence-electron chi connectivity index (χ1n) is 6.78. The Hall–Kier alpha value is -2.16. The minimum absolute atomic E-state index is 0.0108. The Morgan fingerprint density at radius 2 is 1.96 bits per heavy atom. The van der Waals surface area contributed by atoms with E-state index in [1.165, 1.54) is 24.5 Å². The number of anilines is 1. The summed E-state index contributed by atoms with van der Waals surface area (Å²) in [6, 6.07) is 10.1. The molecule has 3 rings (SSSR count). The Kier molecular flexibility index (Phi) is 4.44. The molecule has 0 aliphatic carbocycles. The van der Waals surface area contributed by atoms with Crippen molar-refractivity contribution < 1.29 is 13.2 Å². The standard InChI is InChI=1S/C15H12ClN3O3S2/c1-19-13(15(20)17-11-6-4-10(16)5-7-11)9-12(18-24(19,21)22)14-3-2-8-23-14/h2-9H,1H3,(H,17,20). The predicted octanol–water partition coefficient (Wildman–Crippen LogP) is 2.90. The Bertz CT molecular complexity index is 933. The molecule has 24 heavy (non-hydrogen) atoms. The largest absolute Gasteiger partial charge is 0.345 e. The molecule has 6 nitrogen and oxygen atoms in total. The number of hydrogen-bond donors (Lipinski definition) is 1. The molecule has 0 unspecified atom stereocenters. The highest BCUT2D eigenvalue weighted by Crippen LogP contribution is 2.23. The topological polar surface area (TPSA) is 78.8 Å². The first kappa shape index (κ1) is 16.7. The minimum Gasteiger partial charge on any atom is -0.321 e. The van der Waals surface area contributed by atoms with E-state index < -0.39 is 16.1 Å². The number of amides is 1. The maximum Gasteiger partial charge on any atom is 0.345 e. The van der Waals surface area contributed by atoms with E-state index >= 15 is 0 Å². The van der Waals surface area contributed by atoms with Crippen LogP contribution < -0.4 is 5.32 Å². The molecule has 1 aliphatic rings. The summed E-state index contributed by atoms with van der Waals surface area (Å²) in [5.74, 6) is -0.549. The lowest BCUT2D eigenvalue weighted by atomic mass is 10.2. The number of carbonyl (C=O) groups excluding carboxylic acids is 1. The number of hydrogen-bond acceptors (Lipinski definition) is 4. The van der Waals surface area contributed by atoms with Crippen LogP contribution in [-0.4, -0.2) is 31.4 Å². The van der Waals surface area contributed by atoms with Gasteiger partial charge in [0.1, 0.15) is 5.70 Å². The van der Waals surface area contributed by atoms with Crippen LogP contribution in [0.4, 0.5) is 5.69 Å². The van der Waals surface area contributed by atoms with Crippen LogP contribution in [0.25, 0.3) is 0 Å². The fourth-order valence-corrected chi connectivity index (χ4v) is 3.81. The number of nitrogens with one attached hydrogen (secondary N) is 1. The molecule has 0 saturated carbocycles. The second kappa shape index (κ2) is 6.39. The van der Waals surface area contributed by atoms with Gasteiger partial charge in [-0.05, 0) is 41.8 Å². The van der Waals surface area contributed by atoms with E-state index in [0.717, 1.165) is 4.31 Å². The molecular weight excluding hydrogens is 370 g/mol. The lowest BCUT2D eigenvalue weighted by Gasteiger charge is -2.23. The average Bonchev–Trinajstić information content (AvgIpc) is 3.06. The van der Waals surface area contributed by atoms with Crippen molar-refractivity contribution in [3.63, 3.8) is 0 Å². The third kappa shape index (κ3) is 3.35. The molecule has 1 aliphatic heterocycles. The van der Waals surface area contributed by atoms with Crippen molar-refractivity contribution in [1.82, 2.24) is 4.31 Å². The fourth-order valence-electron chi connectivity index (χ4n) is 2.03. The van der Waals surface area contributed by atoms with Gasteiger partial charge in [0.25, 0.3) is 5.91 Å². The third-order valence-corrected chi connectivity index (χ3v) is 5.74. The van der Waals surface area contributed by atoms with Gasteiger partial charge in [-0.15, -0.1) is 15.7 Å². The van der Waals surface area contributed by atoms with Gasteiger partial charge in [0.05, 0.1) is 10.6 Å². The van der Waals surface area contributed by atoms with Crippen LogP contribution in [0.1, 0.15) is 4.88 Å². The molecule has 2 aromatic rings. The lowest BCUT2D eigenvalue weighted by Crippen LogP contribution is -2.35. The number of halogens is 1. The van der Waals surface area contributed by atoms with Gasteiger partial charge >= 0.3 is 10.2 Å². The van der Waals surface area contributed by atoms with Gasteiger partial charge in [-0.2, -0.15) is 8.42 Å². The van der Waals surface area contributed by atoms with Gasteiger partial charge in [-0.3, -0.25) is 4.79 Å².